The molecule has 0 spiro atoms. The van der Waals surface area contributed by atoms with E-state index in [0.717, 1.165) is 0 Å². The van der Waals surface area contributed by atoms with E-state index < -0.39 is 29.2 Å². The van der Waals surface area contributed by atoms with Gasteiger partial charge in [-0.25, -0.2) is 0 Å². The van der Waals surface area contributed by atoms with Crippen molar-refractivity contribution in [3.63, 3.8) is 0 Å². The first-order chi connectivity index (χ1) is 8.60. The Balaban J connectivity index is 3.07. The van der Waals surface area contributed by atoms with Crippen LogP contribution in [0.15, 0.2) is 12.2 Å². The maximum absolute atomic E-state index is 12.0. The summed E-state index contributed by atoms with van der Waals surface area (Å²) in [5, 5.41) is 0. The Morgan fingerprint density at radius 3 is 1.94 bits per heavy atom. The third kappa shape index (κ3) is 2.05. The van der Waals surface area contributed by atoms with Crippen LogP contribution in [0.3, 0.4) is 0 Å². The zero-order valence-corrected chi connectivity index (χ0v) is 10.8. The van der Waals surface area contributed by atoms with Gasteiger partial charge in [-0.3, -0.25) is 9.59 Å². The van der Waals surface area contributed by atoms with Gasteiger partial charge in [0.15, 0.2) is 5.41 Å². The summed E-state index contributed by atoms with van der Waals surface area (Å²) in [6.45, 7) is 5.39. The van der Waals surface area contributed by atoms with Crippen molar-refractivity contribution in [1.29, 1.82) is 0 Å². The van der Waals surface area contributed by atoms with Crippen molar-refractivity contribution in [2.75, 3.05) is 13.2 Å². The molecule has 0 amide bonds. The van der Waals surface area contributed by atoms with Gasteiger partial charge in [-0.2, -0.15) is 0 Å². The number of allylic oxidation sites excluding steroid dienone is 2. The number of ether oxygens (including phenoxy) is 2. The van der Waals surface area contributed by atoms with Crippen LogP contribution in [0, 0.1) is 17.3 Å². The van der Waals surface area contributed by atoms with Crippen molar-refractivity contribution < 1.29 is 23.9 Å². The fourth-order valence-electron chi connectivity index (χ4n) is 2.24. The third-order valence-corrected chi connectivity index (χ3v) is 3.10. The molecule has 1 aliphatic carbocycles. The minimum atomic E-state index is -1.47. The zero-order chi connectivity index (χ0) is 13.8. The molecule has 0 aromatic carbocycles. The van der Waals surface area contributed by atoms with Crippen LogP contribution >= 0.6 is 0 Å². The molecule has 18 heavy (non-hydrogen) atoms. The molecule has 0 aliphatic heterocycles. The molecule has 0 N–H and O–H groups in total. The quantitative estimate of drug-likeness (QED) is 0.307. The van der Waals surface area contributed by atoms with E-state index in [1.165, 1.54) is 0 Å². The number of carbonyl (C=O) groups excluding carboxylic acids is 3. The molecule has 1 saturated carbocycles. The molecule has 0 saturated heterocycles. The predicted molar refractivity (Wildman–Crippen MR) is 63.6 cm³/mol. The van der Waals surface area contributed by atoms with Crippen molar-refractivity contribution in [2.45, 2.75) is 20.8 Å². The number of carbonyl (C=O) groups is 3. The summed E-state index contributed by atoms with van der Waals surface area (Å²) in [4.78, 5) is 35.0. The lowest BCUT2D eigenvalue weighted by Gasteiger charge is -2.13. The Hall–Kier alpha value is -1.65. The van der Waals surface area contributed by atoms with E-state index in [-0.39, 0.29) is 13.2 Å². The lowest BCUT2D eigenvalue weighted by molar-refractivity contribution is -0.166. The number of esters is 2. The molecule has 0 aromatic heterocycles. The van der Waals surface area contributed by atoms with E-state index >= 15 is 0 Å². The first kappa shape index (κ1) is 14.4. The summed E-state index contributed by atoms with van der Waals surface area (Å²) < 4.78 is 9.83. The molecule has 1 rings (SSSR count). The van der Waals surface area contributed by atoms with Crippen molar-refractivity contribution in [2.24, 2.45) is 17.3 Å². The average molecular weight is 254 g/mol. The fraction of sp³-hybridized carbons (Fsp3) is 0.615. The lowest BCUT2D eigenvalue weighted by Crippen LogP contribution is -2.33. The van der Waals surface area contributed by atoms with Crippen LogP contribution in [0.2, 0.25) is 0 Å². The molecule has 5 heteroatoms. The van der Waals surface area contributed by atoms with Gasteiger partial charge in [0.1, 0.15) is 6.29 Å². The summed E-state index contributed by atoms with van der Waals surface area (Å²) in [5.74, 6) is -2.50. The molecule has 0 heterocycles. The lowest BCUT2D eigenvalue weighted by atomic mass is 10.0. The van der Waals surface area contributed by atoms with Gasteiger partial charge >= 0.3 is 11.9 Å². The summed E-state index contributed by atoms with van der Waals surface area (Å²) in [6.07, 6.45) is 4.01. The largest absolute Gasteiger partial charge is 0.465 e. The van der Waals surface area contributed by atoms with Gasteiger partial charge < -0.3 is 14.3 Å². The van der Waals surface area contributed by atoms with Gasteiger partial charge in [0.2, 0.25) is 0 Å². The number of aldehydes is 1. The van der Waals surface area contributed by atoms with Crippen LogP contribution in [0.4, 0.5) is 0 Å². The minimum absolute atomic E-state index is 0.161. The second-order valence-electron chi connectivity index (χ2n) is 4.02. The minimum Gasteiger partial charge on any atom is -0.465 e. The molecule has 1 fully saturated rings. The molecule has 100 valence electrons. The average Bonchev–Trinajstić information content (AvgIpc) is 2.99. The van der Waals surface area contributed by atoms with Gasteiger partial charge in [0.25, 0.3) is 0 Å². The molecule has 2 atom stereocenters. The highest BCUT2D eigenvalue weighted by atomic mass is 16.6. The highest BCUT2D eigenvalue weighted by Gasteiger charge is 2.75. The number of hydrogen-bond donors (Lipinski definition) is 0. The van der Waals surface area contributed by atoms with Crippen LogP contribution in [-0.2, 0) is 23.9 Å². The molecular formula is C13H18O5. The molecule has 0 aromatic rings. The van der Waals surface area contributed by atoms with Gasteiger partial charge in [0, 0.05) is 5.92 Å². The van der Waals surface area contributed by atoms with Gasteiger partial charge in [-0.15, -0.1) is 0 Å². The fourth-order valence-corrected chi connectivity index (χ4v) is 2.24. The normalized spacial score (nSPS) is 24.6. The molecule has 5 nitrogen and oxygen atoms in total. The van der Waals surface area contributed by atoms with Gasteiger partial charge in [0.05, 0.1) is 19.1 Å². The third-order valence-electron chi connectivity index (χ3n) is 3.10. The molecule has 0 bridgehead atoms. The van der Waals surface area contributed by atoms with Crippen molar-refractivity contribution >= 4 is 18.2 Å². The van der Waals surface area contributed by atoms with Gasteiger partial charge in [-0.05, 0) is 20.8 Å². The summed E-state index contributed by atoms with van der Waals surface area (Å²) in [5.41, 5.74) is -1.47. The van der Waals surface area contributed by atoms with E-state index in [1.54, 1.807) is 32.9 Å². The molecule has 0 unspecified atom stereocenters. The topological polar surface area (TPSA) is 69.7 Å². The Kier molecular flexibility index (Phi) is 4.64. The maximum atomic E-state index is 12.0. The Labute approximate surface area is 106 Å². The maximum Gasteiger partial charge on any atom is 0.324 e. The second-order valence-corrected chi connectivity index (χ2v) is 4.02. The molecule has 1 aliphatic rings. The van der Waals surface area contributed by atoms with E-state index in [2.05, 4.69) is 0 Å². The Bertz CT molecular complexity index is 354. The first-order valence-electron chi connectivity index (χ1n) is 6.03. The van der Waals surface area contributed by atoms with Crippen LogP contribution in [0.25, 0.3) is 0 Å². The smallest absolute Gasteiger partial charge is 0.324 e. The van der Waals surface area contributed by atoms with Crippen LogP contribution in [0.1, 0.15) is 20.8 Å². The summed E-state index contributed by atoms with van der Waals surface area (Å²) in [6, 6.07) is 0. The summed E-state index contributed by atoms with van der Waals surface area (Å²) in [7, 11) is 0. The van der Waals surface area contributed by atoms with E-state index in [1.807, 2.05) is 0 Å². The Morgan fingerprint density at radius 2 is 1.61 bits per heavy atom. The van der Waals surface area contributed by atoms with Gasteiger partial charge in [-0.1, -0.05) is 12.2 Å². The van der Waals surface area contributed by atoms with Crippen molar-refractivity contribution in [3.8, 4) is 0 Å². The van der Waals surface area contributed by atoms with Crippen molar-refractivity contribution in [1.82, 2.24) is 0 Å². The molecular weight excluding hydrogens is 236 g/mol. The predicted octanol–water partition coefficient (Wildman–Crippen LogP) is 1.12. The number of rotatable bonds is 6. The highest BCUT2D eigenvalue weighted by Crippen LogP contribution is 2.60. The SMILES string of the molecule is C/C=C/[C@@H]1[C@@H](C=O)C1(C(=O)OCC)C(=O)OCC. The van der Waals surface area contributed by atoms with E-state index in [4.69, 9.17) is 9.47 Å². The first-order valence-corrected chi connectivity index (χ1v) is 6.03. The monoisotopic (exact) mass is 254 g/mol. The zero-order valence-electron chi connectivity index (χ0n) is 10.8. The van der Waals surface area contributed by atoms with Crippen LogP contribution < -0.4 is 0 Å². The highest BCUT2D eigenvalue weighted by molar-refractivity contribution is 6.08. The second kappa shape index (κ2) is 5.80. The Morgan fingerprint density at radius 1 is 1.11 bits per heavy atom. The van der Waals surface area contributed by atoms with E-state index in [9.17, 15) is 14.4 Å². The van der Waals surface area contributed by atoms with Crippen molar-refractivity contribution in [3.05, 3.63) is 12.2 Å². The summed E-state index contributed by atoms with van der Waals surface area (Å²) >= 11 is 0. The molecule has 0 radical (unpaired) electrons. The van der Waals surface area contributed by atoms with E-state index in [0.29, 0.717) is 6.29 Å². The van der Waals surface area contributed by atoms with Crippen LogP contribution in [-0.4, -0.2) is 31.4 Å². The standard InChI is InChI=1S/C13H18O5/c1-4-7-9-10(8-14)13(9,11(15)17-5-2)12(16)18-6-3/h4,7-10H,5-6H2,1-3H3/b7-4+/t9-,10-/m1/s1. The van der Waals surface area contributed by atoms with Crippen LogP contribution in [0.5, 0.6) is 0 Å². The number of hydrogen-bond acceptors (Lipinski definition) is 5.